The van der Waals surface area contributed by atoms with Crippen LogP contribution in [0.1, 0.15) is 0 Å². The monoisotopic (exact) mass is 235 g/mol. The van der Waals surface area contributed by atoms with Crippen LogP contribution in [0.25, 0.3) is 11.2 Å². The molecular weight excluding hydrogens is 222 g/mol. The molecule has 0 amide bonds. The number of imidazole rings is 1. The predicted octanol–water partition coefficient (Wildman–Crippen LogP) is -0.128. The van der Waals surface area contributed by atoms with Gasteiger partial charge in [0.25, 0.3) is 0 Å². The highest BCUT2D eigenvalue weighted by Gasteiger charge is 2.11. The van der Waals surface area contributed by atoms with Crippen LogP contribution in [0.15, 0.2) is 24.0 Å². The summed E-state index contributed by atoms with van der Waals surface area (Å²) in [4.78, 5) is 19.6. The second-order valence-electron chi connectivity index (χ2n) is 3.49. The van der Waals surface area contributed by atoms with Crippen molar-refractivity contribution in [3.05, 3.63) is 29.7 Å². The van der Waals surface area contributed by atoms with Crippen molar-refractivity contribution >= 4 is 17.0 Å². The number of nitrogen functional groups attached to an aromatic ring is 1. The Hall–Kier alpha value is -2.31. The van der Waals surface area contributed by atoms with Crippen molar-refractivity contribution in [2.45, 2.75) is 6.54 Å². The molecule has 0 saturated heterocycles. The third-order valence-electron chi connectivity index (χ3n) is 2.47. The Morgan fingerprint density at radius 3 is 3.12 bits per heavy atom. The Balaban J connectivity index is 2.46. The summed E-state index contributed by atoms with van der Waals surface area (Å²) in [5.41, 5.74) is 6.38. The number of hydrogen-bond donors (Lipinski definition) is 1. The van der Waals surface area contributed by atoms with Gasteiger partial charge in [0, 0.05) is 7.05 Å². The Morgan fingerprint density at radius 1 is 1.65 bits per heavy atom. The first-order valence-electron chi connectivity index (χ1n) is 5.05. The largest absolute Gasteiger partial charge is 0.500 e. The van der Waals surface area contributed by atoms with Crippen molar-refractivity contribution in [1.29, 1.82) is 0 Å². The van der Waals surface area contributed by atoms with E-state index in [9.17, 15) is 4.79 Å². The molecule has 17 heavy (non-hydrogen) atoms. The van der Waals surface area contributed by atoms with Gasteiger partial charge in [-0.25, -0.2) is 9.78 Å². The highest BCUT2D eigenvalue weighted by molar-refractivity contribution is 5.81. The van der Waals surface area contributed by atoms with Crippen molar-refractivity contribution < 1.29 is 4.74 Å². The second kappa shape index (κ2) is 4.28. The third kappa shape index (κ3) is 1.86. The summed E-state index contributed by atoms with van der Waals surface area (Å²) < 4.78 is 8.00. The average molecular weight is 235 g/mol. The van der Waals surface area contributed by atoms with Crippen molar-refractivity contribution in [3.8, 4) is 0 Å². The van der Waals surface area contributed by atoms with Gasteiger partial charge >= 0.3 is 5.69 Å². The van der Waals surface area contributed by atoms with Crippen molar-refractivity contribution in [2.75, 3.05) is 12.3 Å². The maximum atomic E-state index is 11.5. The molecule has 0 radical (unpaired) electrons. The van der Waals surface area contributed by atoms with Crippen LogP contribution in [0.5, 0.6) is 0 Å². The van der Waals surface area contributed by atoms with E-state index in [4.69, 9.17) is 10.5 Å². The molecular formula is C10H13N5O2. The summed E-state index contributed by atoms with van der Waals surface area (Å²) in [6, 6.07) is 0. The SMILES string of the molecule is C=COCCn1cnc2c(N)n(C)c(=O)nc21. The Bertz CT molecular complexity index is 613. The molecule has 0 spiro atoms. The first-order chi connectivity index (χ1) is 8.15. The molecule has 7 nitrogen and oxygen atoms in total. The first-order valence-corrected chi connectivity index (χ1v) is 5.05. The van der Waals surface area contributed by atoms with Gasteiger partial charge in [-0.2, -0.15) is 4.98 Å². The molecule has 90 valence electrons. The van der Waals surface area contributed by atoms with E-state index in [-0.39, 0.29) is 0 Å². The maximum absolute atomic E-state index is 11.5. The number of nitrogens with two attached hydrogens (primary N) is 1. The van der Waals surface area contributed by atoms with Crippen LogP contribution in [0.4, 0.5) is 5.82 Å². The van der Waals surface area contributed by atoms with E-state index in [1.807, 2.05) is 0 Å². The summed E-state index contributed by atoms with van der Waals surface area (Å²) in [6.45, 7) is 4.41. The Morgan fingerprint density at radius 2 is 2.41 bits per heavy atom. The number of fused-ring (bicyclic) bond motifs is 1. The fourth-order valence-electron chi connectivity index (χ4n) is 1.50. The van der Waals surface area contributed by atoms with E-state index in [2.05, 4.69) is 16.5 Å². The molecule has 7 heteroatoms. The van der Waals surface area contributed by atoms with E-state index in [0.29, 0.717) is 30.1 Å². The molecule has 0 aromatic carbocycles. The zero-order chi connectivity index (χ0) is 12.4. The van der Waals surface area contributed by atoms with Crippen LogP contribution in [0.3, 0.4) is 0 Å². The molecule has 2 aromatic heterocycles. The van der Waals surface area contributed by atoms with E-state index >= 15 is 0 Å². The topological polar surface area (TPSA) is 88.0 Å². The molecule has 2 heterocycles. The lowest BCUT2D eigenvalue weighted by Crippen LogP contribution is -2.23. The number of aromatic nitrogens is 4. The van der Waals surface area contributed by atoms with Crippen LogP contribution in [0.2, 0.25) is 0 Å². The van der Waals surface area contributed by atoms with Gasteiger partial charge in [0.1, 0.15) is 17.9 Å². The number of hydrogen-bond acceptors (Lipinski definition) is 5. The minimum atomic E-state index is -0.401. The van der Waals surface area contributed by atoms with Gasteiger partial charge in [0.2, 0.25) is 0 Å². The second-order valence-corrected chi connectivity index (χ2v) is 3.49. The predicted molar refractivity (Wildman–Crippen MR) is 63.3 cm³/mol. The number of anilines is 1. The summed E-state index contributed by atoms with van der Waals surface area (Å²) >= 11 is 0. The van der Waals surface area contributed by atoms with Crippen molar-refractivity contribution in [1.82, 2.24) is 19.1 Å². The standard InChI is InChI=1S/C10H13N5O2/c1-3-17-5-4-15-6-12-7-8(11)14(2)10(16)13-9(7)15/h3,6H,1,4-5,11H2,2H3. The normalized spacial score (nSPS) is 10.6. The lowest BCUT2D eigenvalue weighted by molar-refractivity contribution is 0.237. The molecule has 0 unspecified atom stereocenters. The van der Waals surface area contributed by atoms with Crippen LogP contribution in [0, 0.1) is 0 Å². The van der Waals surface area contributed by atoms with Gasteiger partial charge < -0.3 is 15.0 Å². The van der Waals surface area contributed by atoms with Crippen molar-refractivity contribution in [2.24, 2.45) is 7.05 Å². The average Bonchev–Trinajstić information content (AvgIpc) is 2.70. The van der Waals surface area contributed by atoms with Gasteiger partial charge in [0.05, 0.1) is 19.1 Å². The first kappa shape index (κ1) is 11.2. The number of ether oxygens (including phenoxy) is 1. The molecule has 0 bridgehead atoms. The highest BCUT2D eigenvalue weighted by atomic mass is 16.5. The molecule has 0 aliphatic carbocycles. The zero-order valence-corrected chi connectivity index (χ0v) is 9.46. The van der Waals surface area contributed by atoms with Crippen LogP contribution in [-0.4, -0.2) is 25.7 Å². The van der Waals surface area contributed by atoms with Gasteiger partial charge in [-0.05, 0) is 0 Å². The number of rotatable bonds is 4. The molecule has 0 saturated carbocycles. The smallest absolute Gasteiger partial charge is 0.350 e. The van der Waals surface area contributed by atoms with Crippen LogP contribution >= 0.6 is 0 Å². The summed E-state index contributed by atoms with van der Waals surface area (Å²) in [5, 5.41) is 0. The van der Waals surface area contributed by atoms with Gasteiger partial charge in [-0.15, -0.1) is 0 Å². The van der Waals surface area contributed by atoms with Gasteiger partial charge in [0.15, 0.2) is 5.65 Å². The van der Waals surface area contributed by atoms with E-state index in [1.165, 1.54) is 10.8 Å². The molecule has 2 N–H and O–H groups in total. The van der Waals surface area contributed by atoms with Crippen molar-refractivity contribution in [3.63, 3.8) is 0 Å². The molecule has 0 aliphatic heterocycles. The summed E-state index contributed by atoms with van der Waals surface area (Å²) in [5.74, 6) is 0.309. The molecule has 2 rings (SSSR count). The third-order valence-corrected chi connectivity index (χ3v) is 2.47. The molecule has 0 atom stereocenters. The minimum absolute atomic E-state index is 0.309. The molecule has 2 aromatic rings. The van der Waals surface area contributed by atoms with E-state index in [1.54, 1.807) is 17.9 Å². The van der Waals surface area contributed by atoms with Gasteiger partial charge in [-0.1, -0.05) is 6.58 Å². The minimum Gasteiger partial charge on any atom is -0.500 e. The fraction of sp³-hybridized carbons (Fsp3) is 0.300. The highest BCUT2D eigenvalue weighted by Crippen LogP contribution is 2.14. The Kier molecular flexibility index (Phi) is 2.82. The van der Waals surface area contributed by atoms with Gasteiger partial charge in [-0.3, -0.25) is 4.57 Å². The number of nitrogens with zero attached hydrogens (tertiary/aromatic N) is 4. The van der Waals surface area contributed by atoms with Crippen LogP contribution < -0.4 is 11.4 Å². The molecule has 0 fully saturated rings. The lowest BCUT2D eigenvalue weighted by Gasteiger charge is -2.05. The van der Waals surface area contributed by atoms with E-state index in [0.717, 1.165) is 0 Å². The van der Waals surface area contributed by atoms with E-state index < -0.39 is 5.69 Å². The summed E-state index contributed by atoms with van der Waals surface area (Å²) in [6.07, 6.45) is 2.94. The molecule has 0 aliphatic rings. The lowest BCUT2D eigenvalue weighted by atomic mass is 10.5. The quantitative estimate of drug-likeness (QED) is 0.589. The Labute approximate surface area is 97.2 Å². The van der Waals surface area contributed by atoms with Crippen LogP contribution in [-0.2, 0) is 18.3 Å². The maximum Gasteiger partial charge on any atom is 0.350 e. The zero-order valence-electron chi connectivity index (χ0n) is 9.46. The summed E-state index contributed by atoms with van der Waals surface area (Å²) in [7, 11) is 1.56. The fourth-order valence-corrected chi connectivity index (χ4v) is 1.50.